The maximum absolute atomic E-state index is 13.7. The molecule has 2 rings (SSSR count). The number of nitrogens with two attached hydrogens (primary N) is 1. The number of benzene rings is 1. The molecule has 21 heavy (non-hydrogen) atoms. The zero-order valence-electron chi connectivity index (χ0n) is 10.6. The van der Waals surface area contributed by atoms with Crippen molar-refractivity contribution in [3.05, 3.63) is 51.3 Å². The van der Waals surface area contributed by atoms with Crippen LogP contribution in [0.5, 0.6) is 11.6 Å². The summed E-state index contributed by atoms with van der Waals surface area (Å²) in [5, 5.41) is 10.6. The number of nitrogens with zero attached hydrogens (tertiary/aromatic N) is 2. The summed E-state index contributed by atoms with van der Waals surface area (Å²) in [6.45, 7) is 1.35. The molecule has 0 bridgehead atoms. The first-order chi connectivity index (χ1) is 9.79. The van der Waals surface area contributed by atoms with Gasteiger partial charge in [0.2, 0.25) is 0 Å². The zero-order valence-corrected chi connectivity index (χ0v) is 10.6. The van der Waals surface area contributed by atoms with Crippen molar-refractivity contribution < 1.29 is 22.8 Å². The fourth-order valence-corrected chi connectivity index (χ4v) is 1.56. The Morgan fingerprint density at radius 2 is 1.86 bits per heavy atom. The van der Waals surface area contributed by atoms with Crippen molar-refractivity contribution in [1.29, 1.82) is 0 Å². The van der Waals surface area contributed by atoms with Crippen molar-refractivity contribution in [2.75, 3.05) is 5.73 Å². The van der Waals surface area contributed by atoms with E-state index in [2.05, 4.69) is 4.98 Å². The third kappa shape index (κ3) is 2.86. The Hall–Kier alpha value is -2.84. The first-order valence-corrected chi connectivity index (χ1v) is 5.53. The first-order valence-electron chi connectivity index (χ1n) is 5.53. The summed E-state index contributed by atoms with van der Waals surface area (Å²) in [6.07, 6.45) is 0. The Kier molecular flexibility index (Phi) is 3.66. The number of nitro benzene ring substituents is 1. The number of anilines is 1. The van der Waals surface area contributed by atoms with Gasteiger partial charge in [0.05, 0.1) is 11.0 Å². The van der Waals surface area contributed by atoms with E-state index in [1.54, 1.807) is 0 Å². The minimum Gasteiger partial charge on any atom is -0.433 e. The van der Waals surface area contributed by atoms with Gasteiger partial charge in [0.15, 0.2) is 29.0 Å². The average molecular weight is 299 g/mol. The van der Waals surface area contributed by atoms with Crippen LogP contribution in [-0.2, 0) is 0 Å². The normalized spacial score (nSPS) is 10.5. The summed E-state index contributed by atoms with van der Waals surface area (Å²) in [5.74, 6) is -5.20. The number of hydrogen-bond donors (Lipinski definition) is 1. The molecule has 0 aliphatic rings. The van der Waals surface area contributed by atoms with Crippen LogP contribution in [0.4, 0.5) is 24.7 Å². The molecule has 0 fully saturated rings. The van der Waals surface area contributed by atoms with Gasteiger partial charge < -0.3 is 10.5 Å². The van der Waals surface area contributed by atoms with Crippen LogP contribution < -0.4 is 10.5 Å². The standard InChI is InChI=1S/C12H8F3N3O3/c1-5-2-10(6(13)4-9(5)18(19)20)21-12-8(15)3-7(14)11(16)17-12/h2-4H,1H3,(H2,16,17). The molecule has 0 aliphatic carbocycles. The minimum atomic E-state index is -1.18. The van der Waals surface area contributed by atoms with Crippen molar-refractivity contribution in [2.45, 2.75) is 6.92 Å². The molecule has 0 unspecified atom stereocenters. The van der Waals surface area contributed by atoms with Gasteiger partial charge in [-0.1, -0.05) is 0 Å². The number of rotatable bonds is 3. The largest absolute Gasteiger partial charge is 0.433 e. The summed E-state index contributed by atoms with van der Waals surface area (Å²) < 4.78 is 45.0. The van der Waals surface area contributed by atoms with Crippen LogP contribution in [0.3, 0.4) is 0 Å². The molecule has 2 N–H and O–H groups in total. The van der Waals surface area contributed by atoms with Gasteiger partial charge >= 0.3 is 0 Å². The van der Waals surface area contributed by atoms with Gasteiger partial charge in [-0.3, -0.25) is 10.1 Å². The molecule has 0 saturated carbocycles. The highest BCUT2D eigenvalue weighted by Gasteiger charge is 2.19. The predicted octanol–water partition coefficient (Wildman–Crippen LogP) is 3.09. The van der Waals surface area contributed by atoms with Gasteiger partial charge in [-0.25, -0.2) is 13.2 Å². The molecule has 0 saturated heterocycles. The third-order valence-electron chi connectivity index (χ3n) is 2.58. The highest BCUT2D eigenvalue weighted by Crippen LogP contribution is 2.31. The summed E-state index contributed by atoms with van der Waals surface area (Å²) >= 11 is 0. The highest BCUT2D eigenvalue weighted by atomic mass is 19.1. The van der Waals surface area contributed by atoms with Gasteiger partial charge in [-0.2, -0.15) is 4.98 Å². The molecule has 2 aromatic rings. The molecule has 9 heteroatoms. The Morgan fingerprint density at radius 3 is 2.48 bits per heavy atom. The van der Waals surface area contributed by atoms with Crippen molar-refractivity contribution in [1.82, 2.24) is 4.98 Å². The van der Waals surface area contributed by atoms with E-state index in [9.17, 15) is 23.3 Å². The molecule has 1 aromatic heterocycles. The molecular weight excluding hydrogens is 291 g/mol. The van der Waals surface area contributed by atoms with E-state index in [1.807, 2.05) is 0 Å². The second-order valence-corrected chi connectivity index (χ2v) is 4.07. The molecule has 0 atom stereocenters. The van der Waals surface area contributed by atoms with Crippen molar-refractivity contribution in [3.8, 4) is 11.6 Å². The van der Waals surface area contributed by atoms with E-state index in [4.69, 9.17) is 10.5 Å². The van der Waals surface area contributed by atoms with Crippen molar-refractivity contribution >= 4 is 11.5 Å². The number of aryl methyl sites for hydroxylation is 1. The predicted molar refractivity (Wildman–Crippen MR) is 66.4 cm³/mol. The molecule has 0 aliphatic heterocycles. The van der Waals surface area contributed by atoms with Gasteiger partial charge in [0.1, 0.15) is 0 Å². The average Bonchev–Trinajstić information content (AvgIpc) is 2.39. The van der Waals surface area contributed by atoms with Gasteiger partial charge in [-0.15, -0.1) is 0 Å². The van der Waals surface area contributed by atoms with Gasteiger partial charge in [-0.05, 0) is 13.0 Å². The van der Waals surface area contributed by atoms with Crippen LogP contribution in [0.1, 0.15) is 5.56 Å². The number of pyridine rings is 1. The summed E-state index contributed by atoms with van der Waals surface area (Å²) in [7, 11) is 0. The van der Waals surface area contributed by atoms with Crippen molar-refractivity contribution in [3.63, 3.8) is 0 Å². The third-order valence-corrected chi connectivity index (χ3v) is 2.58. The van der Waals surface area contributed by atoms with E-state index < -0.39 is 45.5 Å². The van der Waals surface area contributed by atoms with E-state index in [-0.39, 0.29) is 5.56 Å². The molecule has 1 aromatic carbocycles. The van der Waals surface area contributed by atoms with E-state index in [0.717, 1.165) is 6.07 Å². The number of halogens is 3. The van der Waals surface area contributed by atoms with E-state index >= 15 is 0 Å². The summed E-state index contributed by atoms with van der Waals surface area (Å²) in [6, 6.07) is 2.08. The fourth-order valence-electron chi connectivity index (χ4n) is 1.56. The SMILES string of the molecule is Cc1cc(Oc2nc(N)c(F)cc2F)c(F)cc1[N+](=O)[O-]. The van der Waals surface area contributed by atoms with Crippen LogP contribution in [0, 0.1) is 34.5 Å². The minimum absolute atomic E-state index is 0.104. The quantitative estimate of drug-likeness (QED) is 0.694. The maximum atomic E-state index is 13.7. The Morgan fingerprint density at radius 1 is 1.19 bits per heavy atom. The highest BCUT2D eigenvalue weighted by molar-refractivity contribution is 5.46. The first kappa shape index (κ1) is 14.6. The number of ether oxygens (including phenoxy) is 1. The molecule has 110 valence electrons. The van der Waals surface area contributed by atoms with Crippen LogP contribution in [0.15, 0.2) is 18.2 Å². The Labute approximate surface area is 116 Å². The summed E-state index contributed by atoms with van der Waals surface area (Å²) in [5.41, 5.74) is 4.81. The fraction of sp³-hybridized carbons (Fsp3) is 0.0833. The zero-order chi connectivity index (χ0) is 15.7. The van der Waals surface area contributed by atoms with Crippen LogP contribution in [0.2, 0.25) is 0 Å². The van der Waals surface area contributed by atoms with E-state index in [0.29, 0.717) is 12.1 Å². The number of nitro groups is 1. The topological polar surface area (TPSA) is 91.3 Å². The molecule has 6 nitrogen and oxygen atoms in total. The molecule has 0 radical (unpaired) electrons. The number of nitrogen functional groups attached to an aromatic ring is 1. The number of hydrogen-bond acceptors (Lipinski definition) is 5. The molecule has 0 spiro atoms. The molecular formula is C12H8F3N3O3. The molecule has 0 amide bonds. The Bertz CT molecular complexity index is 737. The van der Waals surface area contributed by atoms with Gasteiger partial charge in [0, 0.05) is 11.6 Å². The molecule has 1 heterocycles. The lowest BCUT2D eigenvalue weighted by atomic mass is 10.2. The summed E-state index contributed by atoms with van der Waals surface area (Å²) in [4.78, 5) is 13.2. The number of aromatic nitrogens is 1. The van der Waals surface area contributed by atoms with Crippen molar-refractivity contribution in [2.24, 2.45) is 0 Å². The second kappa shape index (κ2) is 5.27. The van der Waals surface area contributed by atoms with Gasteiger partial charge in [0.25, 0.3) is 11.6 Å². The monoisotopic (exact) mass is 299 g/mol. The lowest BCUT2D eigenvalue weighted by Crippen LogP contribution is -2.02. The van der Waals surface area contributed by atoms with Crippen LogP contribution >= 0.6 is 0 Å². The lowest BCUT2D eigenvalue weighted by molar-refractivity contribution is -0.385. The van der Waals surface area contributed by atoms with E-state index in [1.165, 1.54) is 6.92 Å². The lowest BCUT2D eigenvalue weighted by Gasteiger charge is -2.09. The maximum Gasteiger partial charge on any atom is 0.275 e. The smallest absolute Gasteiger partial charge is 0.275 e. The Balaban J connectivity index is 2.43. The van der Waals surface area contributed by atoms with Crippen LogP contribution in [0.25, 0.3) is 0 Å². The van der Waals surface area contributed by atoms with Crippen LogP contribution in [-0.4, -0.2) is 9.91 Å². The second-order valence-electron chi connectivity index (χ2n) is 4.07.